The van der Waals surface area contributed by atoms with Gasteiger partial charge >= 0.3 is 0 Å². The van der Waals surface area contributed by atoms with Crippen molar-refractivity contribution >= 4 is 17.5 Å². The summed E-state index contributed by atoms with van der Waals surface area (Å²) in [6.45, 7) is 3.64. The minimum absolute atomic E-state index is 0.246. The number of carbonyl (C=O) groups is 1. The second-order valence-corrected chi connectivity index (χ2v) is 6.70. The number of carbonyl (C=O) groups excluding carboxylic acids is 1. The van der Waals surface area contributed by atoms with Gasteiger partial charge in [-0.25, -0.2) is 0 Å². The Bertz CT molecular complexity index is 790. The van der Waals surface area contributed by atoms with E-state index in [1.165, 1.54) is 0 Å². The van der Waals surface area contributed by atoms with Crippen LogP contribution in [0.15, 0.2) is 36.4 Å². The van der Waals surface area contributed by atoms with E-state index in [0.29, 0.717) is 28.0 Å². The van der Waals surface area contributed by atoms with Crippen molar-refractivity contribution in [1.29, 1.82) is 0 Å². The molecule has 0 atom stereocenters. The second kappa shape index (κ2) is 8.86. The Kier molecular flexibility index (Phi) is 6.80. The maximum atomic E-state index is 12.6. The van der Waals surface area contributed by atoms with E-state index in [4.69, 9.17) is 30.5 Å². The molecule has 0 fully saturated rings. The van der Waals surface area contributed by atoms with E-state index in [0.717, 1.165) is 5.56 Å². The van der Waals surface area contributed by atoms with Crippen LogP contribution in [0.5, 0.6) is 23.0 Å². The molecule has 0 aliphatic carbocycles. The van der Waals surface area contributed by atoms with E-state index in [1.807, 2.05) is 0 Å². The molecular formula is C20H24ClNO5. The first-order chi connectivity index (χ1) is 12.8. The zero-order chi connectivity index (χ0) is 20.0. The van der Waals surface area contributed by atoms with Crippen LogP contribution in [-0.4, -0.2) is 32.8 Å². The van der Waals surface area contributed by atoms with E-state index in [9.17, 15) is 4.79 Å². The molecule has 0 aromatic heterocycles. The Balaban J connectivity index is 2.10. The Morgan fingerprint density at radius 2 is 1.52 bits per heavy atom. The molecule has 0 spiro atoms. The molecule has 0 saturated heterocycles. The van der Waals surface area contributed by atoms with Gasteiger partial charge in [-0.2, -0.15) is 0 Å². The third-order valence-corrected chi connectivity index (χ3v) is 4.21. The highest BCUT2D eigenvalue weighted by atomic mass is 35.5. The minimum atomic E-state index is -1.07. The van der Waals surface area contributed by atoms with Gasteiger partial charge in [-0.3, -0.25) is 4.79 Å². The van der Waals surface area contributed by atoms with Crippen molar-refractivity contribution in [3.05, 3.63) is 47.0 Å². The van der Waals surface area contributed by atoms with Crippen molar-refractivity contribution in [2.45, 2.75) is 26.0 Å². The number of methoxy groups -OCH3 is 3. The van der Waals surface area contributed by atoms with Gasteiger partial charge in [-0.15, -0.1) is 0 Å². The molecule has 0 saturated carbocycles. The summed E-state index contributed by atoms with van der Waals surface area (Å²) >= 11 is 5.87. The molecule has 1 N–H and O–H groups in total. The number of hydrogen-bond acceptors (Lipinski definition) is 5. The first-order valence-electron chi connectivity index (χ1n) is 8.32. The molecule has 0 unspecified atom stereocenters. The second-order valence-electron chi connectivity index (χ2n) is 6.27. The van der Waals surface area contributed by atoms with Crippen LogP contribution in [0.3, 0.4) is 0 Å². The molecule has 0 radical (unpaired) electrons. The number of amides is 1. The Morgan fingerprint density at radius 3 is 2.07 bits per heavy atom. The lowest BCUT2D eigenvalue weighted by molar-refractivity contribution is -0.134. The lowest BCUT2D eigenvalue weighted by Gasteiger charge is -2.25. The molecule has 27 heavy (non-hydrogen) atoms. The quantitative estimate of drug-likeness (QED) is 0.738. The molecule has 6 nitrogen and oxygen atoms in total. The number of ether oxygens (including phenoxy) is 4. The van der Waals surface area contributed by atoms with Gasteiger partial charge in [0.25, 0.3) is 5.91 Å². The lowest BCUT2D eigenvalue weighted by atomic mass is 10.1. The Morgan fingerprint density at radius 1 is 0.963 bits per heavy atom. The molecule has 146 valence electrons. The van der Waals surface area contributed by atoms with Crippen molar-refractivity contribution in [3.8, 4) is 23.0 Å². The number of halogens is 1. The number of nitrogens with one attached hydrogen (secondary N) is 1. The van der Waals surface area contributed by atoms with Crippen molar-refractivity contribution in [2.75, 3.05) is 21.3 Å². The van der Waals surface area contributed by atoms with Crippen LogP contribution in [0.4, 0.5) is 0 Å². The van der Waals surface area contributed by atoms with E-state index in [2.05, 4.69) is 5.32 Å². The number of hydrogen-bond donors (Lipinski definition) is 1. The van der Waals surface area contributed by atoms with Crippen LogP contribution in [0.25, 0.3) is 0 Å². The molecule has 2 aromatic rings. The van der Waals surface area contributed by atoms with Gasteiger partial charge in [-0.1, -0.05) is 11.6 Å². The van der Waals surface area contributed by atoms with Gasteiger partial charge in [0.15, 0.2) is 17.1 Å². The highest BCUT2D eigenvalue weighted by Crippen LogP contribution is 2.34. The Labute approximate surface area is 164 Å². The standard InChI is InChI=1S/C20H24ClNO5/c1-20(2,27-15-8-6-14(21)7-9-15)19(23)22-12-13-10-17(25-4)18(26-5)11-16(13)24-3/h6-11H,12H2,1-5H3,(H,22,23). The summed E-state index contributed by atoms with van der Waals surface area (Å²) in [6.07, 6.45) is 0. The van der Waals surface area contributed by atoms with E-state index >= 15 is 0 Å². The molecule has 0 aliphatic rings. The van der Waals surface area contributed by atoms with Crippen LogP contribution < -0.4 is 24.3 Å². The third kappa shape index (κ3) is 5.20. The van der Waals surface area contributed by atoms with E-state index in [-0.39, 0.29) is 12.5 Å². The van der Waals surface area contributed by atoms with Crippen LogP contribution >= 0.6 is 11.6 Å². The van der Waals surface area contributed by atoms with Crippen molar-refractivity contribution in [3.63, 3.8) is 0 Å². The van der Waals surface area contributed by atoms with Crippen LogP contribution in [0.2, 0.25) is 5.02 Å². The molecular weight excluding hydrogens is 370 g/mol. The SMILES string of the molecule is COc1cc(OC)c(OC)cc1CNC(=O)C(C)(C)Oc1ccc(Cl)cc1. The highest BCUT2D eigenvalue weighted by molar-refractivity contribution is 6.30. The van der Waals surface area contributed by atoms with Crippen molar-refractivity contribution in [1.82, 2.24) is 5.32 Å². The minimum Gasteiger partial charge on any atom is -0.496 e. The topological polar surface area (TPSA) is 66.0 Å². The van der Waals surface area contributed by atoms with Crippen molar-refractivity contribution in [2.24, 2.45) is 0 Å². The zero-order valence-electron chi connectivity index (χ0n) is 16.1. The summed E-state index contributed by atoms with van der Waals surface area (Å²) in [6, 6.07) is 10.3. The summed E-state index contributed by atoms with van der Waals surface area (Å²) < 4.78 is 21.8. The fraction of sp³-hybridized carbons (Fsp3) is 0.350. The van der Waals surface area contributed by atoms with E-state index < -0.39 is 5.60 Å². The third-order valence-electron chi connectivity index (χ3n) is 3.96. The number of benzene rings is 2. The molecule has 0 bridgehead atoms. The predicted molar refractivity (Wildman–Crippen MR) is 104 cm³/mol. The van der Waals surface area contributed by atoms with Crippen LogP contribution in [0, 0.1) is 0 Å². The first-order valence-corrected chi connectivity index (χ1v) is 8.70. The summed E-state index contributed by atoms with van der Waals surface area (Å²) in [5.41, 5.74) is -0.316. The average Bonchev–Trinajstić information content (AvgIpc) is 2.66. The largest absolute Gasteiger partial charge is 0.496 e. The Hall–Kier alpha value is -2.60. The summed E-state index contributed by atoms with van der Waals surface area (Å²) in [4.78, 5) is 12.6. The molecule has 7 heteroatoms. The lowest BCUT2D eigenvalue weighted by Crippen LogP contribution is -2.46. The predicted octanol–water partition coefficient (Wildman–Crippen LogP) is 3.84. The maximum absolute atomic E-state index is 12.6. The molecule has 0 aliphatic heterocycles. The van der Waals surface area contributed by atoms with Gasteiger partial charge in [0.1, 0.15) is 11.5 Å². The molecule has 2 rings (SSSR count). The van der Waals surface area contributed by atoms with Crippen LogP contribution in [-0.2, 0) is 11.3 Å². The number of rotatable bonds is 8. The maximum Gasteiger partial charge on any atom is 0.263 e. The fourth-order valence-electron chi connectivity index (χ4n) is 2.46. The van der Waals surface area contributed by atoms with Gasteiger partial charge in [0, 0.05) is 23.2 Å². The monoisotopic (exact) mass is 393 g/mol. The van der Waals surface area contributed by atoms with Gasteiger partial charge in [0.2, 0.25) is 0 Å². The summed E-state index contributed by atoms with van der Waals surface area (Å²) in [5, 5.41) is 3.47. The highest BCUT2D eigenvalue weighted by Gasteiger charge is 2.30. The molecule has 0 heterocycles. The average molecular weight is 394 g/mol. The fourth-order valence-corrected chi connectivity index (χ4v) is 2.59. The van der Waals surface area contributed by atoms with Crippen molar-refractivity contribution < 1.29 is 23.7 Å². The smallest absolute Gasteiger partial charge is 0.263 e. The zero-order valence-corrected chi connectivity index (χ0v) is 16.8. The summed E-state index contributed by atoms with van der Waals surface area (Å²) in [5.74, 6) is 1.98. The first kappa shape index (κ1) is 20.7. The van der Waals surface area contributed by atoms with Crippen LogP contribution in [0.1, 0.15) is 19.4 Å². The normalized spacial score (nSPS) is 10.9. The van der Waals surface area contributed by atoms with Gasteiger partial charge in [-0.05, 0) is 44.2 Å². The summed E-state index contributed by atoms with van der Waals surface area (Å²) in [7, 11) is 4.66. The van der Waals surface area contributed by atoms with Gasteiger partial charge in [0.05, 0.1) is 21.3 Å². The molecule has 1 amide bonds. The van der Waals surface area contributed by atoms with Gasteiger partial charge < -0.3 is 24.3 Å². The van der Waals surface area contributed by atoms with E-state index in [1.54, 1.807) is 71.6 Å². The molecule has 2 aromatic carbocycles.